The minimum Gasteiger partial charge on any atom is -0.493 e. The molecule has 2 rings (SSSR count). The second-order valence-electron chi connectivity index (χ2n) is 4.19. The molecule has 0 heterocycles. The van der Waals surface area contributed by atoms with Crippen LogP contribution in [0.3, 0.4) is 0 Å². The molecule has 0 aliphatic carbocycles. The van der Waals surface area contributed by atoms with Crippen molar-refractivity contribution in [3.63, 3.8) is 0 Å². The van der Waals surface area contributed by atoms with Crippen LogP contribution in [-0.4, -0.2) is 19.3 Å². The first-order valence-corrected chi connectivity index (χ1v) is 6.71. The first kappa shape index (κ1) is 14.8. The molecule has 0 amide bonds. The molecule has 0 saturated carbocycles. The van der Waals surface area contributed by atoms with Crippen molar-refractivity contribution in [2.75, 3.05) is 14.2 Å². The van der Waals surface area contributed by atoms with Gasteiger partial charge < -0.3 is 14.6 Å². The van der Waals surface area contributed by atoms with Gasteiger partial charge in [0.15, 0.2) is 11.5 Å². The van der Waals surface area contributed by atoms with E-state index in [1.807, 2.05) is 6.07 Å². The molecule has 0 spiro atoms. The van der Waals surface area contributed by atoms with E-state index in [9.17, 15) is 9.50 Å². The van der Waals surface area contributed by atoms with E-state index in [0.29, 0.717) is 11.3 Å². The summed E-state index contributed by atoms with van der Waals surface area (Å²) in [6.07, 6.45) is -1.08. The molecule has 0 bridgehead atoms. The summed E-state index contributed by atoms with van der Waals surface area (Å²) in [7, 11) is 2.90. The number of aliphatic hydroxyl groups is 1. The van der Waals surface area contributed by atoms with Crippen molar-refractivity contribution in [1.29, 1.82) is 0 Å². The van der Waals surface area contributed by atoms with Gasteiger partial charge >= 0.3 is 0 Å². The zero-order valence-electron chi connectivity index (χ0n) is 11.1. The highest BCUT2D eigenvalue weighted by Crippen LogP contribution is 2.34. The van der Waals surface area contributed by atoms with Crippen LogP contribution in [0.15, 0.2) is 40.9 Å². The van der Waals surface area contributed by atoms with Gasteiger partial charge in [0.05, 0.1) is 14.2 Å². The average Bonchev–Trinajstić information content (AvgIpc) is 2.46. The summed E-state index contributed by atoms with van der Waals surface area (Å²) >= 11 is 3.32. The maximum Gasteiger partial charge on any atom is 0.163 e. The maximum absolute atomic E-state index is 14.1. The summed E-state index contributed by atoms with van der Waals surface area (Å²) < 4.78 is 25.0. The summed E-state index contributed by atoms with van der Waals surface area (Å²) in [5.41, 5.74) is 0.728. The van der Waals surface area contributed by atoms with Crippen LogP contribution in [0.2, 0.25) is 0 Å². The molecule has 2 aromatic carbocycles. The standard InChI is InChI=1S/C15H14BrFO3/c1-19-13-7-11(12(17)8-14(13)20-2)15(18)9-4-3-5-10(16)6-9/h3-8,15,18H,1-2H3. The smallest absolute Gasteiger partial charge is 0.163 e. The molecule has 20 heavy (non-hydrogen) atoms. The third kappa shape index (κ3) is 2.94. The average molecular weight is 341 g/mol. The molecule has 0 saturated heterocycles. The molecule has 0 aliphatic heterocycles. The summed E-state index contributed by atoms with van der Waals surface area (Å²) in [6.45, 7) is 0. The van der Waals surface area contributed by atoms with Gasteiger partial charge in [-0.1, -0.05) is 28.1 Å². The zero-order valence-corrected chi connectivity index (χ0v) is 12.6. The van der Waals surface area contributed by atoms with Gasteiger partial charge in [0, 0.05) is 16.1 Å². The van der Waals surface area contributed by atoms with Crippen LogP contribution in [0.5, 0.6) is 11.5 Å². The van der Waals surface area contributed by atoms with Crippen LogP contribution in [-0.2, 0) is 0 Å². The molecule has 0 fully saturated rings. The number of rotatable bonds is 4. The van der Waals surface area contributed by atoms with E-state index in [1.54, 1.807) is 18.2 Å². The van der Waals surface area contributed by atoms with Crippen LogP contribution in [0, 0.1) is 5.82 Å². The monoisotopic (exact) mass is 340 g/mol. The molecular formula is C15H14BrFO3. The third-order valence-corrected chi connectivity index (χ3v) is 3.46. The van der Waals surface area contributed by atoms with Gasteiger partial charge in [0.25, 0.3) is 0 Å². The van der Waals surface area contributed by atoms with Crippen molar-refractivity contribution in [1.82, 2.24) is 0 Å². The van der Waals surface area contributed by atoms with Crippen molar-refractivity contribution in [3.05, 3.63) is 57.8 Å². The Hall–Kier alpha value is -1.59. The van der Waals surface area contributed by atoms with Crippen molar-refractivity contribution in [2.24, 2.45) is 0 Å². The van der Waals surface area contributed by atoms with Gasteiger partial charge in [-0.3, -0.25) is 0 Å². The Kier molecular flexibility index (Phi) is 4.62. The van der Waals surface area contributed by atoms with E-state index in [0.717, 1.165) is 4.47 Å². The van der Waals surface area contributed by atoms with E-state index < -0.39 is 11.9 Å². The van der Waals surface area contributed by atoms with Crippen LogP contribution < -0.4 is 9.47 Å². The van der Waals surface area contributed by atoms with Gasteiger partial charge in [0.1, 0.15) is 11.9 Å². The lowest BCUT2D eigenvalue weighted by molar-refractivity contribution is 0.213. The molecule has 1 unspecified atom stereocenters. The minimum absolute atomic E-state index is 0.140. The Balaban J connectivity index is 2.46. The second-order valence-corrected chi connectivity index (χ2v) is 5.10. The lowest BCUT2D eigenvalue weighted by atomic mass is 10.0. The normalized spacial score (nSPS) is 12.1. The number of benzene rings is 2. The Morgan fingerprint density at radius 2 is 1.75 bits per heavy atom. The van der Waals surface area contributed by atoms with Crippen LogP contribution in [0.25, 0.3) is 0 Å². The molecule has 1 N–H and O–H groups in total. The molecule has 3 nitrogen and oxygen atoms in total. The second kappa shape index (κ2) is 6.24. The van der Waals surface area contributed by atoms with E-state index in [4.69, 9.17) is 9.47 Å². The van der Waals surface area contributed by atoms with Gasteiger partial charge in [-0.25, -0.2) is 4.39 Å². The summed E-state index contributed by atoms with van der Waals surface area (Å²) in [6, 6.07) is 9.73. The Morgan fingerprint density at radius 1 is 1.10 bits per heavy atom. The Bertz CT molecular complexity index is 616. The van der Waals surface area contributed by atoms with Crippen molar-refractivity contribution >= 4 is 15.9 Å². The van der Waals surface area contributed by atoms with E-state index >= 15 is 0 Å². The molecule has 1 atom stereocenters. The quantitative estimate of drug-likeness (QED) is 0.922. The predicted octanol–water partition coefficient (Wildman–Crippen LogP) is 3.69. The number of hydrogen-bond donors (Lipinski definition) is 1. The Morgan fingerprint density at radius 3 is 2.35 bits per heavy atom. The largest absolute Gasteiger partial charge is 0.493 e. The molecule has 0 aliphatic rings. The summed E-state index contributed by atoms with van der Waals surface area (Å²) in [5.74, 6) is 0.114. The summed E-state index contributed by atoms with van der Waals surface area (Å²) in [5, 5.41) is 10.3. The van der Waals surface area contributed by atoms with E-state index in [2.05, 4.69) is 15.9 Å². The van der Waals surface area contributed by atoms with Crippen molar-refractivity contribution in [2.45, 2.75) is 6.10 Å². The number of ether oxygens (including phenoxy) is 2. The first-order valence-electron chi connectivity index (χ1n) is 5.91. The fourth-order valence-corrected chi connectivity index (χ4v) is 2.35. The lowest BCUT2D eigenvalue weighted by Gasteiger charge is -2.16. The van der Waals surface area contributed by atoms with Crippen molar-refractivity contribution < 1.29 is 19.0 Å². The van der Waals surface area contributed by atoms with Gasteiger partial charge in [-0.05, 0) is 23.8 Å². The summed E-state index contributed by atoms with van der Waals surface area (Å²) in [4.78, 5) is 0. The highest BCUT2D eigenvalue weighted by molar-refractivity contribution is 9.10. The topological polar surface area (TPSA) is 38.7 Å². The van der Waals surface area contributed by atoms with Gasteiger partial charge in [-0.2, -0.15) is 0 Å². The highest BCUT2D eigenvalue weighted by Gasteiger charge is 2.19. The predicted molar refractivity (Wildman–Crippen MR) is 77.7 cm³/mol. The number of hydrogen-bond acceptors (Lipinski definition) is 3. The van der Waals surface area contributed by atoms with Gasteiger partial charge in [-0.15, -0.1) is 0 Å². The molecule has 2 aromatic rings. The fourth-order valence-electron chi connectivity index (χ4n) is 1.94. The molecule has 0 radical (unpaired) electrons. The molecule has 5 heteroatoms. The molecular weight excluding hydrogens is 327 g/mol. The van der Waals surface area contributed by atoms with Crippen molar-refractivity contribution in [3.8, 4) is 11.5 Å². The third-order valence-electron chi connectivity index (χ3n) is 2.96. The highest BCUT2D eigenvalue weighted by atomic mass is 79.9. The lowest BCUT2D eigenvalue weighted by Crippen LogP contribution is -2.04. The molecule has 106 valence electrons. The first-order chi connectivity index (χ1) is 9.56. The SMILES string of the molecule is COc1cc(F)c(C(O)c2cccc(Br)c2)cc1OC. The molecule has 0 aromatic heterocycles. The van der Waals surface area contributed by atoms with Crippen LogP contribution in [0.4, 0.5) is 4.39 Å². The zero-order chi connectivity index (χ0) is 14.7. The van der Waals surface area contributed by atoms with Crippen LogP contribution >= 0.6 is 15.9 Å². The maximum atomic E-state index is 14.1. The number of methoxy groups -OCH3 is 2. The van der Waals surface area contributed by atoms with Crippen LogP contribution in [0.1, 0.15) is 17.2 Å². The van der Waals surface area contributed by atoms with E-state index in [-0.39, 0.29) is 11.3 Å². The van der Waals surface area contributed by atoms with E-state index in [1.165, 1.54) is 26.4 Å². The fraction of sp³-hybridized carbons (Fsp3) is 0.200. The number of halogens is 2. The Labute approximate surface area is 125 Å². The minimum atomic E-state index is -1.08. The van der Waals surface area contributed by atoms with Gasteiger partial charge in [0.2, 0.25) is 0 Å². The number of aliphatic hydroxyl groups excluding tert-OH is 1.